The Morgan fingerprint density at radius 1 is 1.21 bits per heavy atom. The van der Waals surface area contributed by atoms with E-state index >= 15 is 0 Å². The van der Waals surface area contributed by atoms with Crippen LogP contribution in [-0.4, -0.2) is 29.6 Å². The number of thioether (sulfide) groups is 1. The van der Waals surface area contributed by atoms with Crippen LogP contribution in [0.25, 0.3) is 0 Å². The third kappa shape index (κ3) is 5.01. The van der Waals surface area contributed by atoms with Crippen molar-refractivity contribution in [3.8, 4) is 12.3 Å². The highest BCUT2D eigenvalue weighted by atomic mass is 35.5. The number of terminal acetylenes is 1. The minimum absolute atomic E-state index is 0.154. The summed E-state index contributed by atoms with van der Waals surface area (Å²) in [6.07, 6.45) is 14.1. The second kappa shape index (κ2) is 9.36. The molecule has 1 amide bonds. The fraction of sp³-hybridized carbons (Fsp3) is 0.364. The van der Waals surface area contributed by atoms with Gasteiger partial charge in [-0.1, -0.05) is 42.9 Å². The van der Waals surface area contributed by atoms with Gasteiger partial charge in [-0.05, 0) is 43.2 Å². The van der Waals surface area contributed by atoms with E-state index in [-0.39, 0.29) is 18.3 Å². The number of nitrogens with one attached hydrogen (secondary N) is 1. The Morgan fingerprint density at radius 3 is 2.61 bits per heavy atom. The van der Waals surface area contributed by atoms with Crippen LogP contribution < -0.4 is 5.32 Å². The maximum atomic E-state index is 12.9. The molecule has 0 aromatic heterocycles. The summed E-state index contributed by atoms with van der Waals surface area (Å²) in [5, 5.41) is 3.61. The van der Waals surface area contributed by atoms with Crippen LogP contribution in [0.3, 0.4) is 0 Å². The second-order valence-corrected chi connectivity index (χ2v) is 8.33. The highest BCUT2D eigenvalue weighted by Crippen LogP contribution is 2.31. The molecular weight excluding hydrogens is 394 g/mol. The van der Waals surface area contributed by atoms with Crippen LogP contribution >= 0.6 is 23.4 Å². The van der Waals surface area contributed by atoms with Crippen LogP contribution in [0.5, 0.6) is 0 Å². The van der Waals surface area contributed by atoms with Crippen LogP contribution in [0.1, 0.15) is 42.5 Å². The van der Waals surface area contributed by atoms with Gasteiger partial charge in [0.25, 0.3) is 5.91 Å². The summed E-state index contributed by atoms with van der Waals surface area (Å²) in [7, 11) is 0. The van der Waals surface area contributed by atoms with E-state index in [1.165, 1.54) is 11.8 Å². The number of carbonyl (C=O) groups excluding carboxylic acids is 2. The number of allylic oxidation sites excluding steroid dienone is 1. The van der Waals surface area contributed by atoms with Crippen LogP contribution in [0.15, 0.2) is 47.1 Å². The minimum Gasteiger partial charge on any atom is -0.484 e. The standard InChI is InChI=1S/C22H22ClNO3S/c1-2-22(12-4-3-5-13-22)24-21(26)20-19(7-6-14-28-20)27-15-18(25)16-8-10-17(23)11-9-16/h1,6-11H,3-5,12-15H2,(H,24,26). The largest absolute Gasteiger partial charge is 0.484 e. The van der Waals surface area contributed by atoms with E-state index in [4.69, 9.17) is 22.8 Å². The number of hydrogen-bond donors (Lipinski definition) is 1. The van der Waals surface area contributed by atoms with E-state index in [2.05, 4.69) is 11.2 Å². The first-order chi connectivity index (χ1) is 13.5. The summed E-state index contributed by atoms with van der Waals surface area (Å²) in [5.41, 5.74) is -0.0779. The zero-order valence-electron chi connectivity index (χ0n) is 15.5. The Balaban J connectivity index is 1.69. The molecule has 1 aromatic carbocycles. The molecule has 6 heteroatoms. The van der Waals surface area contributed by atoms with E-state index in [0.717, 1.165) is 32.1 Å². The van der Waals surface area contributed by atoms with Gasteiger partial charge < -0.3 is 10.1 Å². The lowest BCUT2D eigenvalue weighted by Gasteiger charge is -2.33. The summed E-state index contributed by atoms with van der Waals surface area (Å²) < 4.78 is 5.70. The SMILES string of the molecule is C#CC1(NC(=O)C2=C(OCC(=O)c3ccc(Cl)cc3)C=CCS2)CCCCC1. The van der Waals surface area contributed by atoms with Crippen molar-refractivity contribution in [2.24, 2.45) is 0 Å². The zero-order valence-corrected chi connectivity index (χ0v) is 17.1. The van der Waals surface area contributed by atoms with Gasteiger partial charge >= 0.3 is 0 Å². The number of hydrogen-bond acceptors (Lipinski definition) is 4. The molecule has 0 spiro atoms. The first-order valence-electron chi connectivity index (χ1n) is 9.28. The lowest BCUT2D eigenvalue weighted by atomic mass is 9.82. The van der Waals surface area contributed by atoms with Crippen molar-refractivity contribution in [1.82, 2.24) is 5.32 Å². The average Bonchev–Trinajstić information content (AvgIpc) is 2.73. The van der Waals surface area contributed by atoms with Gasteiger partial charge in [0.05, 0.1) is 0 Å². The molecule has 28 heavy (non-hydrogen) atoms. The molecule has 1 aromatic rings. The first-order valence-corrected chi connectivity index (χ1v) is 10.6. The third-order valence-corrected chi connectivity index (χ3v) is 6.17. The molecule has 0 radical (unpaired) electrons. The van der Waals surface area contributed by atoms with Crippen molar-refractivity contribution < 1.29 is 14.3 Å². The summed E-state index contributed by atoms with van der Waals surface area (Å²) in [5.74, 6) is 3.45. The quantitative estimate of drug-likeness (QED) is 0.548. The van der Waals surface area contributed by atoms with Crippen molar-refractivity contribution in [1.29, 1.82) is 0 Å². The van der Waals surface area contributed by atoms with Crippen molar-refractivity contribution in [2.45, 2.75) is 37.6 Å². The Bertz CT molecular complexity index is 846. The fourth-order valence-corrected chi connectivity index (χ4v) is 4.26. The van der Waals surface area contributed by atoms with Crippen molar-refractivity contribution in [3.63, 3.8) is 0 Å². The molecule has 0 saturated heterocycles. The Hall–Kier alpha value is -2.16. The van der Waals surface area contributed by atoms with Crippen molar-refractivity contribution in [3.05, 3.63) is 57.7 Å². The number of amides is 1. The van der Waals surface area contributed by atoms with E-state index in [0.29, 0.717) is 27.0 Å². The molecule has 0 bridgehead atoms. The zero-order chi connectivity index (χ0) is 20.0. The van der Waals surface area contributed by atoms with Crippen LogP contribution in [-0.2, 0) is 9.53 Å². The predicted molar refractivity (Wildman–Crippen MR) is 113 cm³/mol. The number of benzene rings is 1. The highest BCUT2D eigenvalue weighted by Gasteiger charge is 2.33. The molecule has 3 rings (SSSR count). The first kappa shape index (κ1) is 20.6. The van der Waals surface area contributed by atoms with Crippen molar-refractivity contribution >= 4 is 35.1 Å². The molecule has 4 nitrogen and oxygen atoms in total. The van der Waals surface area contributed by atoms with E-state index in [1.54, 1.807) is 30.3 Å². The molecule has 1 saturated carbocycles. The van der Waals surface area contributed by atoms with Gasteiger partial charge in [0.2, 0.25) is 0 Å². The number of ether oxygens (including phenoxy) is 1. The maximum absolute atomic E-state index is 12.9. The fourth-order valence-electron chi connectivity index (χ4n) is 3.32. The highest BCUT2D eigenvalue weighted by molar-refractivity contribution is 8.04. The summed E-state index contributed by atoms with van der Waals surface area (Å²) >= 11 is 7.24. The Kier molecular flexibility index (Phi) is 6.88. The Labute approximate surface area is 174 Å². The normalized spacial score (nSPS) is 18.3. The number of rotatable bonds is 6. The molecule has 1 N–H and O–H groups in total. The van der Waals surface area contributed by atoms with Crippen molar-refractivity contribution in [2.75, 3.05) is 12.4 Å². The summed E-state index contributed by atoms with van der Waals surface area (Å²) in [6.45, 7) is -0.154. The monoisotopic (exact) mass is 415 g/mol. The molecule has 0 atom stereocenters. The van der Waals surface area contributed by atoms with Gasteiger partial charge in [0, 0.05) is 16.3 Å². The van der Waals surface area contributed by atoms with Gasteiger partial charge in [-0.15, -0.1) is 18.2 Å². The van der Waals surface area contributed by atoms with Gasteiger partial charge in [-0.25, -0.2) is 0 Å². The molecule has 1 aliphatic carbocycles. The maximum Gasteiger partial charge on any atom is 0.262 e. The van der Waals surface area contributed by atoms with Crippen LogP contribution in [0, 0.1) is 12.3 Å². The second-order valence-electron chi connectivity index (χ2n) is 6.87. The summed E-state index contributed by atoms with van der Waals surface area (Å²) in [4.78, 5) is 25.7. The van der Waals surface area contributed by atoms with Gasteiger partial charge in [-0.2, -0.15) is 0 Å². The number of ketones is 1. The topological polar surface area (TPSA) is 55.4 Å². The molecule has 1 heterocycles. The van der Waals surface area contributed by atoms with Gasteiger partial charge in [-0.3, -0.25) is 9.59 Å². The number of halogens is 1. The van der Waals surface area contributed by atoms with Gasteiger partial charge in [0.1, 0.15) is 16.2 Å². The molecule has 146 valence electrons. The molecule has 2 aliphatic rings. The number of carbonyl (C=O) groups is 2. The predicted octanol–water partition coefficient (Wildman–Crippen LogP) is 4.51. The van der Waals surface area contributed by atoms with Crippen LogP contribution in [0.2, 0.25) is 5.02 Å². The van der Waals surface area contributed by atoms with Crippen LogP contribution in [0.4, 0.5) is 0 Å². The van der Waals surface area contributed by atoms with E-state index < -0.39 is 5.54 Å². The minimum atomic E-state index is -0.589. The van der Waals surface area contributed by atoms with E-state index in [9.17, 15) is 9.59 Å². The molecular formula is C22H22ClNO3S. The Morgan fingerprint density at radius 2 is 1.93 bits per heavy atom. The molecule has 1 fully saturated rings. The third-order valence-electron chi connectivity index (χ3n) is 4.88. The number of Topliss-reactive ketones (excluding diaryl/α,β-unsaturated/α-hetero) is 1. The van der Waals surface area contributed by atoms with E-state index in [1.807, 2.05) is 6.08 Å². The lowest BCUT2D eigenvalue weighted by molar-refractivity contribution is -0.118. The average molecular weight is 416 g/mol. The smallest absolute Gasteiger partial charge is 0.262 e. The summed E-state index contributed by atoms with van der Waals surface area (Å²) in [6, 6.07) is 6.63. The van der Waals surface area contributed by atoms with Gasteiger partial charge in [0.15, 0.2) is 12.4 Å². The lowest BCUT2D eigenvalue weighted by Crippen LogP contribution is -2.49. The molecule has 0 unspecified atom stereocenters. The molecule has 1 aliphatic heterocycles.